The van der Waals surface area contributed by atoms with E-state index in [2.05, 4.69) is 5.32 Å². The Kier molecular flexibility index (Phi) is 7.97. The highest BCUT2D eigenvalue weighted by molar-refractivity contribution is 5.95. The van der Waals surface area contributed by atoms with E-state index in [-0.39, 0.29) is 11.6 Å². The molecule has 0 spiro atoms. The molecule has 2 aromatic carbocycles. The minimum Gasteiger partial charge on any atom is -0.497 e. The van der Waals surface area contributed by atoms with Gasteiger partial charge < -0.3 is 15.0 Å². The Balaban J connectivity index is 1.48. The lowest BCUT2D eigenvalue weighted by atomic mass is 10.1. The average Bonchev–Trinajstić information content (AvgIpc) is 2.82. The summed E-state index contributed by atoms with van der Waals surface area (Å²) in [5, 5.41) is 2.40. The molecule has 3 rings (SSSR count). The number of piperazine rings is 1. The maximum atomic E-state index is 13.2. The number of carbonyl (C=O) groups is 2. The Morgan fingerprint density at radius 3 is 2.27 bits per heavy atom. The number of nitrogens with zero attached hydrogens (tertiary/aromatic N) is 2. The lowest BCUT2D eigenvalue weighted by Crippen LogP contribution is -2.54. The average molecular weight is 464 g/mol. The number of anilines is 1. The van der Waals surface area contributed by atoms with E-state index >= 15 is 0 Å². The summed E-state index contributed by atoms with van der Waals surface area (Å²) in [7, 11) is 1.60. The van der Waals surface area contributed by atoms with Crippen molar-refractivity contribution in [2.45, 2.75) is 32.0 Å². The summed E-state index contributed by atoms with van der Waals surface area (Å²) in [4.78, 5) is 28.8. The quantitative estimate of drug-likeness (QED) is 0.678. The maximum Gasteiger partial charge on any atom is 0.418 e. The standard InChI is InChI=1S/C24H28F3N3O3/c1-17(23(32)28-21-6-4-3-5-20(21)24(25,26)27)29-13-15-30(16-14-29)22(31)12-9-18-7-10-19(33-2)11-8-18/h3-8,10-11,17H,9,12-16H2,1-2H3,(H,28,32). The number of ether oxygens (including phenoxy) is 1. The maximum absolute atomic E-state index is 13.2. The van der Waals surface area contributed by atoms with Crippen LogP contribution >= 0.6 is 0 Å². The number of para-hydroxylation sites is 1. The molecule has 2 aromatic rings. The molecular formula is C24H28F3N3O3. The van der Waals surface area contributed by atoms with Gasteiger partial charge in [-0.25, -0.2) is 0 Å². The van der Waals surface area contributed by atoms with Gasteiger partial charge in [0.05, 0.1) is 24.4 Å². The summed E-state index contributed by atoms with van der Waals surface area (Å²) in [6, 6.07) is 11.9. The van der Waals surface area contributed by atoms with Crippen molar-refractivity contribution in [2.24, 2.45) is 0 Å². The summed E-state index contributed by atoms with van der Waals surface area (Å²) in [5.74, 6) is 0.300. The summed E-state index contributed by atoms with van der Waals surface area (Å²) >= 11 is 0. The zero-order chi connectivity index (χ0) is 24.0. The second-order valence-corrected chi connectivity index (χ2v) is 7.97. The summed E-state index contributed by atoms with van der Waals surface area (Å²) in [6.07, 6.45) is -3.54. The largest absolute Gasteiger partial charge is 0.497 e. The number of carbonyl (C=O) groups excluding carboxylic acids is 2. The number of halogens is 3. The van der Waals surface area contributed by atoms with Gasteiger partial charge in [0.15, 0.2) is 0 Å². The molecule has 0 saturated carbocycles. The van der Waals surface area contributed by atoms with Crippen LogP contribution < -0.4 is 10.1 Å². The van der Waals surface area contributed by atoms with Gasteiger partial charge in [-0.05, 0) is 43.2 Å². The number of alkyl halides is 3. The Morgan fingerprint density at radius 1 is 1.03 bits per heavy atom. The van der Waals surface area contributed by atoms with Crippen LogP contribution in [0.4, 0.5) is 18.9 Å². The molecule has 1 fully saturated rings. The smallest absolute Gasteiger partial charge is 0.418 e. The molecule has 0 aromatic heterocycles. The number of amides is 2. The molecule has 33 heavy (non-hydrogen) atoms. The van der Waals surface area contributed by atoms with Crippen LogP contribution in [0.2, 0.25) is 0 Å². The van der Waals surface area contributed by atoms with Crippen LogP contribution in [-0.4, -0.2) is 60.9 Å². The Hall–Kier alpha value is -3.07. The highest BCUT2D eigenvalue weighted by Crippen LogP contribution is 2.34. The third-order valence-electron chi connectivity index (χ3n) is 5.87. The Bertz CT molecular complexity index is 955. The molecule has 178 valence electrons. The van der Waals surface area contributed by atoms with Gasteiger partial charge in [-0.15, -0.1) is 0 Å². The third kappa shape index (κ3) is 6.47. The van der Waals surface area contributed by atoms with Gasteiger partial charge in [0.1, 0.15) is 5.75 Å². The molecule has 9 heteroatoms. The van der Waals surface area contributed by atoms with Gasteiger partial charge in [0, 0.05) is 32.6 Å². The van der Waals surface area contributed by atoms with Crippen molar-refractivity contribution in [2.75, 3.05) is 38.6 Å². The SMILES string of the molecule is COc1ccc(CCC(=O)N2CCN(C(C)C(=O)Nc3ccccc3C(F)(F)F)CC2)cc1. The van der Waals surface area contributed by atoms with Gasteiger partial charge in [-0.2, -0.15) is 13.2 Å². The first-order valence-electron chi connectivity index (χ1n) is 10.8. The second-order valence-electron chi connectivity index (χ2n) is 7.97. The summed E-state index contributed by atoms with van der Waals surface area (Å²) in [6.45, 7) is 3.55. The minimum absolute atomic E-state index is 0.0432. The Morgan fingerprint density at radius 2 is 1.67 bits per heavy atom. The first kappa shape index (κ1) is 24.6. The van der Waals surface area contributed by atoms with Crippen LogP contribution in [0.5, 0.6) is 5.75 Å². The molecule has 1 N–H and O–H groups in total. The van der Waals surface area contributed by atoms with E-state index in [4.69, 9.17) is 4.74 Å². The molecule has 6 nitrogen and oxygen atoms in total. The van der Waals surface area contributed by atoms with E-state index in [1.807, 2.05) is 29.2 Å². The molecule has 1 heterocycles. The number of nitrogens with one attached hydrogen (secondary N) is 1. The van der Waals surface area contributed by atoms with Gasteiger partial charge in [-0.3, -0.25) is 14.5 Å². The molecule has 0 bridgehead atoms. The van der Waals surface area contributed by atoms with Gasteiger partial charge >= 0.3 is 6.18 Å². The zero-order valence-electron chi connectivity index (χ0n) is 18.7. The van der Waals surface area contributed by atoms with Crippen molar-refractivity contribution >= 4 is 17.5 Å². The molecule has 1 atom stereocenters. The monoisotopic (exact) mass is 463 g/mol. The predicted molar refractivity (Wildman–Crippen MR) is 119 cm³/mol. The number of methoxy groups -OCH3 is 1. The van der Waals surface area contributed by atoms with Crippen LogP contribution in [0, 0.1) is 0 Å². The molecule has 2 amide bonds. The summed E-state index contributed by atoms with van der Waals surface area (Å²) < 4.78 is 44.7. The van der Waals surface area contributed by atoms with Crippen molar-refractivity contribution in [3.63, 3.8) is 0 Å². The van der Waals surface area contributed by atoms with E-state index in [0.717, 1.165) is 17.4 Å². The normalized spacial score (nSPS) is 15.7. The van der Waals surface area contributed by atoms with Crippen molar-refractivity contribution in [3.8, 4) is 5.75 Å². The van der Waals surface area contributed by atoms with Crippen LogP contribution in [0.25, 0.3) is 0 Å². The van der Waals surface area contributed by atoms with Crippen LogP contribution in [0.1, 0.15) is 24.5 Å². The van der Waals surface area contributed by atoms with Crippen molar-refractivity contribution in [3.05, 3.63) is 59.7 Å². The molecule has 0 radical (unpaired) electrons. The molecule has 1 unspecified atom stereocenters. The predicted octanol–water partition coefficient (Wildman–Crippen LogP) is 3.82. The van der Waals surface area contributed by atoms with E-state index in [1.165, 1.54) is 18.2 Å². The number of aryl methyl sites for hydroxylation is 1. The first-order valence-corrected chi connectivity index (χ1v) is 10.8. The topological polar surface area (TPSA) is 61.9 Å². The van der Waals surface area contributed by atoms with Crippen molar-refractivity contribution in [1.82, 2.24) is 9.80 Å². The van der Waals surface area contributed by atoms with Gasteiger partial charge in [0.25, 0.3) is 0 Å². The van der Waals surface area contributed by atoms with Gasteiger partial charge in [-0.1, -0.05) is 24.3 Å². The fourth-order valence-electron chi connectivity index (χ4n) is 3.80. The Labute approximate surface area is 191 Å². The number of benzene rings is 2. The van der Waals surface area contributed by atoms with Crippen LogP contribution in [0.3, 0.4) is 0 Å². The molecule has 1 aliphatic heterocycles. The van der Waals surface area contributed by atoms with Crippen molar-refractivity contribution in [1.29, 1.82) is 0 Å². The van der Waals surface area contributed by atoms with E-state index < -0.39 is 23.7 Å². The number of rotatable bonds is 7. The lowest BCUT2D eigenvalue weighted by molar-refractivity contribution is -0.137. The van der Waals surface area contributed by atoms with Crippen LogP contribution in [0.15, 0.2) is 48.5 Å². The molecule has 1 saturated heterocycles. The lowest BCUT2D eigenvalue weighted by Gasteiger charge is -2.37. The van der Waals surface area contributed by atoms with E-state index in [0.29, 0.717) is 39.0 Å². The van der Waals surface area contributed by atoms with E-state index in [9.17, 15) is 22.8 Å². The number of hydrogen-bond acceptors (Lipinski definition) is 4. The van der Waals surface area contributed by atoms with Crippen LogP contribution in [-0.2, 0) is 22.2 Å². The number of hydrogen-bond donors (Lipinski definition) is 1. The molecule has 1 aliphatic rings. The van der Waals surface area contributed by atoms with E-state index in [1.54, 1.807) is 18.9 Å². The zero-order valence-corrected chi connectivity index (χ0v) is 18.7. The molecular weight excluding hydrogens is 435 g/mol. The minimum atomic E-state index is -4.55. The van der Waals surface area contributed by atoms with Crippen molar-refractivity contribution < 1.29 is 27.5 Å². The highest BCUT2D eigenvalue weighted by atomic mass is 19.4. The first-order chi connectivity index (χ1) is 15.7. The second kappa shape index (κ2) is 10.7. The van der Waals surface area contributed by atoms with Gasteiger partial charge in [0.2, 0.25) is 11.8 Å². The third-order valence-corrected chi connectivity index (χ3v) is 5.87. The fourth-order valence-corrected chi connectivity index (χ4v) is 3.80. The molecule has 0 aliphatic carbocycles. The highest BCUT2D eigenvalue weighted by Gasteiger charge is 2.34. The fraction of sp³-hybridized carbons (Fsp3) is 0.417. The summed E-state index contributed by atoms with van der Waals surface area (Å²) in [5.41, 5.74) is -0.0840.